The summed E-state index contributed by atoms with van der Waals surface area (Å²) < 4.78 is 16.1. The van der Waals surface area contributed by atoms with Crippen LogP contribution in [0.1, 0.15) is 9.67 Å². The summed E-state index contributed by atoms with van der Waals surface area (Å²) in [6, 6.07) is 8.99. The number of carbonyl (C=O) groups excluding carboxylic acids is 1. The van der Waals surface area contributed by atoms with Crippen LogP contribution < -0.4 is 9.47 Å². The Labute approximate surface area is 146 Å². The first-order valence-corrected chi connectivity index (χ1v) is 8.83. The van der Waals surface area contributed by atoms with Crippen LogP contribution in [-0.2, 0) is 0 Å². The minimum atomic E-state index is 0.0425. The smallest absolute Gasteiger partial charge is 0.277 e. The fourth-order valence-electron chi connectivity index (χ4n) is 1.99. The molecule has 124 valence electrons. The molecule has 2 aromatic heterocycles. The molecule has 0 saturated heterocycles. The number of hydrogen-bond acceptors (Lipinski definition) is 8. The van der Waals surface area contributed by atoms with Crippen molar-refractivity contribution in [2.24, 2.45) is 0 Å². The molecule has 0 amide bonds. The number of ketones is 1. The average molecular weight is 362 g/mol. The van der Waals surface area contributed by atoms with Crippen LogP contribution in [0.2, 0.25) is 0 Å². The second kappa shape index (κ2) is 7.50. The molecule has 0 spiro atoms. The van der Waals surface area contributed by atoms with Gasteiger partial charge in [-0.25, -0.2) is 0 Å². The predicted octanol–water partition coefficient (Wildman–Crippen LogP) is 3.79. The van der Waals surface area contributed by atoms with Crippen molar-refractivity contribution >= 4 is 28.9 Å². The number of carbonyl (C=O) groups is 1. The van der Waals surface area contributed by atoms with Crippen LogP contribution >= 0.6 is 23.1 Å². The molecule has 0 aliphatic carbocycles. The monoisotopic (exact) mass is 362 g/mol. The maximum absolute atomic E-state index is 12.0. The fourth-order valence-corrected chi connectivity index (χ4v) is 3.39. The first-order valence-electron chi connectivity index (χ1n) is 6.96. The fraction of sp³-hybridized carbons (Fsp3) is 0.188. The van der Waals surface area contributed by atoms with Crippen LogP contribution in [0.15, 0.2) is 45.4 Å². The molecular formula is C16H14N2O4S2. The Morgan fingerprint density at radius 2 is 2.04 bits per heavy atom. The quantitative estimate of drug-likeness (QED) is 0.467. The van der Waals surface area contributed by atoms with Crippen LogP contribution in [0.25, 0.3) is 11.5 Å². The molecule has 3 aromatic rings. The van der Waals surface area contributed by atoms with Crippen LogP contribution in [-0.4, -0.2) is 36.0 Å². The van der Waals surface area contributed by atoms with E-state index in [1.54, 1.807) is 38.5 Å². The normalized spacial score (nSPS) is 10.6. The number of aromatic nitrogens is 2. The Hall–Kier alpha value is -2.32. The lowest BCUT2D eigenvalue weighted by Gasteiger charge is -2.07. The summed E-state index contributed by atoms with van der Waals surface area (Å²) >= 11 is 2.64. The highest BCUT2D eigenvalue weighted by atomic mass is 32.2. The van der Waals surface area contributed by atoms with Crippen molar-refractivity contribution in [1.82, 2.24) is 10.2 Å². The molecule has 6 nitrogen and oxygen atoms in total. The van der Waals surface area contributed by atoms with Gasteiger partial charge >= 0.3 is 0 Å². The van der Waals surface area contributed by atoms with Crippen LogP contribution in [0.3, 0.4) is 0 Å². The van der Waals surface area contributed by atoms with E-state index in [0.29, 0.717) is 22.6 Å². The largest absolute Gasteiger partial charge is 0.493 e. The van der Waals surface area contributed by atoms with E-state index >= 15 is 0 Å². The Kier molecular flexibility index (Phi) is 5.17. The minimum absolute atomic E-state index is 0.0425. The van der Waals surface area contributed by atoms with Crippen molar-refractivity contribution < 1.29 is 18.7 Å². The zero-order chi connectivity index (χ0) is 16.9. The first kappa shape index (κ1) is 16.5. The maximum Gasteiger partial charge on any atom is 0.277 e. The Bertz CT molecular complexity index is 830. The highest BCUT2D eigenvalue weighted by Crippen LogP contribution is 2.32. The summed E-state index contributed by atoms with van der Waals surface area (Å²) in [4.78, 5) is 12.7. The Morgan fingerprint density at radius 1 is 1.21 bits per heavy atom. The van der Waals surface area contributed by atoms with Gasteiger partial charge in [-0.3, -0.25) is 4.79 Å². The van der Waals surface area contributed by atoms with E-state index in [0.717, 1.165) is 10.4 Å². The SMILES string of the molecule is COc1ccc(-c2nnc(SCC(=O)c3cccs3)o2)cc1OC. The molecule has 2 heterocycles. The van der Waals surface area contributed by atoms with Crippen molar-refractivity contribution in [2.75, 3.05) is 20.0 Å². The topological polar surface area (TPSA) is 74.5 Å². The third-order valence-electron chi connectivity index (χ3n) is 3.16. The molecule has 0 fully saturated rings. The number of benzene rings is 1. The van der Waals surface area contributed by atoms with Gasteiger partial charge < -0.3 is 13.9 Å². The molecule has 0 atom stereocenters. The van der Waals surface area contributed by atoms with Crippen LogP contribution in [0, 0.1) is 0 Å². The second-order valence-electron chi connectivity index (χ2n) is 4.63. The lowest BCUT2D eigenvalue weighted by Crippen LogP contribution is -1.98. The third kappa shape index (κ3) is 3.60. The van der Waals surface area contributed by atoms with Crippen molar-refractivity contribution in [2.45, 2.75) is 5.22 Å². The lowest BCUT2D eigenvalue weighted by atomic mass is 10.2. The van der Waals surface area contributed by atoms with Gasteiger partial charge in [-0.1, -0.05) is 17.8 Å². The van der Waals surface area contributed by atoms with Gasteiger partial charge in [0.25, 0.3) is 5.22 Å². The van der Waals surface area contributed by atoms with Gasteiger partial charge in [-0.05, 0) is 29.6 Å². The summed E-state index contributed by atoms with van der Waals surface area (Å²) in [6.07, 6.45) is 0. The molecule has 3 rings (SSSR count). The number of methoxy groups -OCH3 is 2. The van der Waals surface area contributed by atoms with Crippen molar-refractivity contribution in [3.63, 3.8) is 0 Å². The molecule has 0 aliphatic rings. The van der Waals surface area contributed by atoms with Gasteiger partial charge in [0.15, 0.2) is 17.3 Å². The summed E-state index contributed by atoms with van der Waals surface area (Å²) in [5, 5.41) is 10.2. The van der Waals surface area contributed by atoms with E-state index in [9.17, 15) is 4.79 Å². The third-order valence-corrected chi connectivity index (χ3v) is 4.89. The Morgan fingerprint density at radius 3 is 2.75 bits per heavy atom. The van der Waals surface area contributed by atoms with E-state index in [-0.39, 0.29) is 11.5 Å². The van der Waals surface area contributed by atoms with Crippen molar-refractivity contribution in [3.8, 4) is 23.0 Å². The molecular weight excluding hydrogens is 348 g/mol. The maximum atomic E-state index is 12.0. The number of thiophene rings is 1. The number of Topliss-reactive ketones (excluding diaryl/α,β-unsaturated/α-hetero) is 1. The molecule has 0 bridgehead atoms. The molecule has 0 N–H and O–H groups in total. The number of rotatable bonds is 7. The zero-order valence-electron chi connectivity index (χ0n) is 13.0. The molecule has 8 heteroatoms. The highest BCUT2D eigenvalue weighted by molar-refractivity contribution is 7.99. The van der Waals surface area contributed by atoms with E-state index in [1.165, 1.54) is 23.1 Å². The van der Waals surface area contributed by atoms with E-state index in [1.807, 2.05) is 11.4 Å². The van der Waals surface area contributed by atoms with E-state index in [4.69, 9.17) is 13.9 Å². The summed E-state index contributed by atoms with van der Waals surface area (Å²) in [5.41, 5.74) is 0.719. The molecule has 0 unspecified atom stereocenters. The standard InChI is InChI=1S/C16H14N2O4S2/c1-20-12-6-5-10(8-13(12)21-2)15-17-18-16(22-15)24-9-11(19)14-4-3-7-23-14/h3-8H,9H2,1-2H3. The number of ether oxygens (including phenoxy) is 2. The van der Waals surface area contributed by atoms with Gasteiger partial charge in [-0.15, -0.1) is 21.5 Å². The van der Waals surface area contributed by atoms with Crippen LogP contribution in [0.5, 0.6) is 11.5 Å². The second-order valence-corrected chi connectivity index (χ2v) is 6.51. The van der Waals surface area contributed by atoms with Gasteiger partial charge in [0.05, 0.1) is 24.8 Å². The van der Waals surface area contributed by atoms with Crippen molar-refractivity contribution in [1.29, 1.82) is 0 Å². The average Bonchev–Trinajstić information content (AvgIpc) is 3.30. The predicted molar refractivity (Wildman–Crippen MR) is 92.2 cm³/mol. The number of nitrogens with zero attached hydrogens (tertiary/aromatic N) is 2. The lowest BCUT2D eigenvalue weighted by molar-refractivity contribution is 0.102. The van der Waals surface area contributed by atoms with Gasteiger partial charge in [0.1, 0.15) is 0 Å². The van der Waals surface area contributed by atoms with E-state index < -0.39 is 0 Å². The zero-order valence-corrected chi connectivity index (χ0v) is 14.6. The van der Waals surface area contributed by atoms with Gasteiger partial charge in [0.2, 0.25) is 5.89 Å². The molecule has 0 radical (unpaired) electrons. The number of thioether (sulfide) groups is 1. The molecule has 0 saturated carbocycles. The Balaban J connectivity index is 1.70. The van der Waals surface area contributed by atoms with Crippen molar-refractivity contribution in [3.05, 3.63) is 40.6 Å². The van der Waals surface area contributed by atoms with Crippen LogP contribution in [0.4, 0.5) is 0 Å². The molecule has 1 aromatic carbocycles. The van der Waals surface area contributed by atoms with Gasteiger partial charge in [0, 0.05) is 5.56 Å². The summed E-state index contributed by atoms with van der Waals surface area (Å²) in [7, 11) is 3.14. The summed E-state index contributed by atoms with van der Waals surface area (Å²) in [6.45, 7) is 0. The van der Waals surface area contributed by atoms with E-state index in [2.05, 4.69) is 10.2 Å². The molecule has 24 heavy (non-hydrogen) atoms. The number of hydrogen-bond donors (Lipinski definition) is 0. The molecule has 0 aliphatic heterocycles. The first-order chi connectivity index (χ1) is 11.7. The highest BCUT2D eigenvalue weighted by Gasteiger charge is 2.14. The van der Waals surface area contributed by atoms with Gasteiger partial charge in [-0.2, -0.15) is 0 Å². The minimum Gasteiger partial charge on any atom is -0.493 e. The summed E-state index contributed by atoms with van der Waals surface area (Å²) in [5.74, 6) is 1.86.